The number of piperidine rings is 1. The molecule has 0 unspecified atom stereocenters. The zero-order chi connectivity index (χ0) is 28.3. The van der Waals surface area contributed by atoms with Crippen molar-refractivity contribution in [3.8, 4) is 0 Å². The summed E-state index contributed by atoms with van der Waals surface area (Å²) in [6.07, 6.45) is 16.1. The lowest BCUT2D eigenvalue weighted by Gasteiger charge is -2.40. The Balaban J connectivity index is 1.04. The van der Waals surface area contributed by atoms with Crippen LogP contribution in [0.3, 0.4) is 0 Å². The van der Waals surface area contributed by atoms with Gasteiger partial charge in [-0.25, -0.2) is 4.98 Å². The summed E-state index contributed by atoms with van der Waals surface area (Å²) in [6.45, 7) is 0.789. The summed E-state index contributed by atoms with van der Waals surface area (Å²) in [5.74, 6) is 1.85. The van der Waals surface area contributed by atoms with Crippen LogP contribution in [0.25, 0.3) is 0 Å². The van der Waals surface area contributed by atoms with Crippen molar-refractivity contribution in [1.29, 1.82) is 0 Å². The van der Waals surface area contributed by atoms with Crippen molar-refractivity contribution in [1.82, 2.24) is 10.3 Å². The first-order valence-corrected chi connectivity index (χ1v) is 15.7. The molecule has 3 atom stereocenters. The van der Waals surface area contributed by atoms with E-state index in [1.54, 1.807) is 24.4 Å². The summed E-state index contributed by atoms with van der Waals surface area (Å²) in [5, 5.41) is 6.57. The second kappa shape index (κ2) is 12.2. The van der Waals surface area contributed by atoms with E-state index < -0.39 is 5.91 Å². The molecule has 1 aromatic heterocycles. The molecule has 2 saturated carbocycles. The van der Waals surface area contributed by atoms with E-state index in [0.717, 1.165) is 44.5 Å². The Morgan fingerprint density at radius 3 is 2.27 bits per heavy atom. The van der Waals surface area contributed by atoms with Crippen LogP contribution < -0.4 is 21.3 Å². The summed E-state index contributed by atoms with van der Waals surface area (Å²) in [4.78, 5) is 45.1. The highest BCUT2D eigenvalue weighted by molar-refractivity contribution is 6.02. The smallest absolute Gasteiger partial charge is 0.251 e. The Labute approximate surface area is 242 Å². The molecule has 1 aromatic carbocycles. The maximum Gasteiger partial charge on any atom is 0.251 e. The van der Waals surface area contributed by atoms with Crippen LogP contribution in [0.4, 0.5) is 11.5 Å². The summed E-state index contributed by atoms with van der Waals surface area (Å²) in [7, 11) is 0. The first-order chi connectivity index (χ1) is 19.9. The largest absolute Gasteiger partial charge is 0.384 e. The topological polar surface area (TPSA) is 117 Å². The van der Waals surface area contributed by atoms with E-state index in [2.05, 4.69) is 15.5 Å². The molecule has 8 heteroatoms. The number of hydrogen-bond acceptors (Lipinski definition) is 6. The van der Waals surface area contributed by atoms with Crippen LogP contribution in [0.5, 0.6) is 0 Å². The number of Topliss-reactive ketones (excluding diaryl/α,β-unsaturated/α-hetero) is 1. The molecular formula is C33H43N5O3. The summed E-state index contributed by atoms with van der Waals surface area (Å²) < 4.78 is 0. The number of fused-ring (bicyclic) bond motifs is 2. The summed E-state index contributed by atoms with van der Waals surface area (Å²) >= 11 is 0. The van der Waals surface area contributed by atoms with Crippen molar-refractivity contribution >= 4 is 29.1 Å². The number of carbonyl (C=O) groups excluding carboxylic acids is 3. The maximum atomic E-state index is 13.2. The predicted octanol–water partition coefficient (Wildman–Crippen LogP) is 5.48. The number of amides is 2. The molecule has 4 fully saturated rings. The fourth-order valence-electron chi connectivity index (χ4n) is 7.22. The minimum absolute atomic E-state index is 0.0792. The molecule has 2 amide bonds. The van der Waals surface area contributed by atoms with Crippen LogP contribution in [-0.2, 0) is 0 Å². The summed E-state index contributed by atoms with van der Waals surface area (Å²) in [6, 6.07) is 9.75. The summed E-state index contributed by atoms with van der Waals surface area (Å²) in [5.41, 5.74) is 7.87. The van der Waals surface area contributed by atoms with Crippen LogP contribution in [0.15, 0.2) is 36.5 Å². The lowest BCUT2D eigenvalue weighted by Crippen LogP contribution is -2.50. The lowest BCUT2D eigenvalue weighted by molar-refractivity contribution is 0.0924. The lowest BCUT2D eigenvalue weighted by atomic mass is 9.85. The molecule has 3 heterocycles. The Kier molecular flexibility index (Phi) is 8.26. The number of nitrogens with zero attached hydrogens (tertiary/aromatic N) is 2. The van der Waals surface area contributed by atoms with Gasteiger partial charge in [0.05, 0.1) is 5.56 Å². The van der Waals surface area contributed by atoms with Gasteiger partial charge < -0.3 is 21.3 Å². The molecule has 0 radical (unpaired) electrons. The van der Waals surface area contributed by atoms with Crippen LogP contribution in [0, 0.1) is 11.8 Å². The van der Waals surface area contributed by atoms with Crippen molar-refractivity contribution in [2.45, 2.75) is 102 Å². The number of benzene rings is 1. The number of anilines is 2. The van der Waals surface area contributed by atoms with E-state index in [-0.39, 0.29) is 17.7 Å². The first kappa shape index (κ1) is 27.7. The molecule has 2 aliphatic heterocycles. The second-order valence-electron chi connectivity index (χ2n) is 12.8. The Bertz CT molecular complexity index is 1250. The highest BCUT2D eigenvalue weighted by Gasteiger charge is 2.42. The molecule has 41 heavy (non-hydrogen) atoms. The quantitative estimate of drug-likeness (QED) is 0.315. The van der Waals surface area contributed by atoms with Crippen LogP contribution in [-0.4, -0.2) is 47.3 Å². The number of rotatable bonds is 11. The van der Waals surface area contributed by atoms with Crippen LogP contribution in [0.1, 0.15) is 115 Å². The molecule has 2 aromatic rings. The number of ketones is 1. The van der Waals surface area contributed by atoms with E-state index in [4.69, 9.17) is 10.7 Å². The van der Waals surface area contributed by atoms with Gasteiger partial charge >= 0.3 is 0 Å². The van der Waals surface area contributed by atoms with Crippen molar-refractivity contribution in [3.05, 3.63) is 53.2 Å². The fraction of sp³-hybridized carbons (Fsp3) is 0.576. The number of nitrogens with two attached hydrogens (primary N) is 1. The van der Waals surface area contributed by atoms with E-state index >= 15 is 0 Å². The molecule has 218 valence electrons. The Morgan fingerprint density at radius 2 is 1.61 bits per heavy atom. The van der Waals surface area contributed by atoms with Crippen LogP contribution in [0.2, 0.25) is 0 Å². The standard InChI is InChI=1S/C33H43N5O3/c34-32(40)28-13-9-23(16-29(28)35-19-22-6-7-22)33(41)37-25-17-26-11-12-27(18-25)38(26)31-15-10-24(20-36-31)30(39)14-8-21-4-2-1-3-5-21/h9-10,13,15-16,20-22,25-27,35H,1-8,11-12,14,17-19H2,(H2,34,40)(H,37,41)/t25-,26+,27-. The highest BCUT2D eigenvalue weighted by atomic mass is 16.2. The number of primary amides is 1. The Hall–Kier alpha value is -3.42. The molecule has 4 aliphatic rings. The van der Waals surface area contributed by atoms with Gasteiger partial charge in [0.1, 0.15) is 5.82 Å². The third-order valence-corrected chi connectivity index (χ3v) is 9.73. The van der Waals surface area contributed by atoms with Gasteiger partial charge in [-0.15, -0.1) is 0 Å². The molecule has 2 bridgehead atoms. The zero-order valence-electron chi connectivity index (χ0n) is 23.9. The van der Waals surface area contributed by atoms with Crippen molar-refractivity contribution in [2.24, 2.45) is 17.6 Å². The second-order valence-corrected chi connectivity index (χ2v) is 12.8. The highest BCUT2D eigenvalue weighted by Crippen LogP contribution is 2.39. The maximum absolute atomic E-state index is 13.2. The third-order valence-electron chi connectivity index (χ3n) is 9.73. The minimum atomic E-state index is -0.496. The van der Waals surface area contributed by atoms with E-state index in [1.165, 1.54) is 44.9 Å². The molecule has 2 saturated heterocycles. The normalized spacial score (nSPS) is 24.2. The molecule has 6 rings (SSSR count). The van der Waals surface area contributed by atoms with E-state index in [9.17, 15) is 14.4 Å². The van der Waals surface area contributed by atoms with Gasteiger partial charge in [-0.2, -0.15) is 0 Å². The molecule has 4 N–H and O–H groups in total. The molecule has 8 nitrogen and oxygen atoms in total. The number of carbonyl (C=O) groups is 3. The number of hydrogen-bond donors (Lipinski definition) is 3. The number of pyridine rings is 1. The molecule has 2 aliphatic carbocycles. The van der Waals surface area contributed by atoms with Gasteiger partial charge in [0.2, 0.25) is 0 Å². The van der Waals surface area contributed by atoms with Gasteiger partial charge in [-0.1, -0.05) is 32.1 Å². The van der Waals surface area contributed by atoms with Crippen molar-refractivity contribution in [3.63, 3.8) is 0 Å². The predicted molar refractivity (Wildman–Crippen MR) is 160 cm³/mol. The van der Waals surface area contributed by atoms with Crippen LogP contribution >= 0.6 is 0 Å². The molecule has 0 spiro atoms. The van der Waals surface area contributed by atoms with Crippen molar-refractivity contribution in [2.75, 3.05) is 16.8 Å². The van der Waals surface area contributed by atoms with Gasteiger partial charge in [0, 0.05) is 54.1 Å². The SMILES string of the molecule is NC(=O)c1ccc(C(=O)N[C@H]2C[C@H]3CC[C@@H](C2)N3c2ccc(C(=O)CCC3CCCCC3)cn2)cc1NCC1CC1. The van der Waals surface area contributed by atoms with E-state index in [0.29, 0.717) is 52.7 Å². The number of nitrogens with one attached hydrogen (secondary N) is 2. The first-order valence-electron chi connectivity index (χ1n) is 15.7. The van der Waals surface area contributed by atoms with Gasteiger partial charge in [-0.05, 0) is 87.1 Å². The average Bonchev–Trinajstić information content (AvgIpc) is 3.78. The van der Waals surface area contributed by atoms with Gasteiger partial charge in [0.25, 0.3) is 11.8 Å². The van der Waals surface area contributed by atoms with Crippen molar-refractivity contribution < 1.29 is 14.4 Å². The minimum Gasteiger partial charge on any atom is -0.384 e. The Morgan fingerprint density at radius 1 is 0.878 bits per heavy atom. The van der Waals surface area contributed by atoms with Gasteiger partial charge in [-0.3, -0.25) is 14.4 Å². The fourth-order valence-corrected chi connectivity index (χ4v) is 7.22. The number of aromatic nitrogens is 1. The van der Waals surface area contributed by atoms with E-state index in [1.807, 2.05) is 12.1 Å². The average molecular weight is 558 g/mol. The monoisotopic (exact) mass is 557 g/mol. The molecular weight excluding hydrogens is 514 g/mol. The third kappa shape index (κ3) is 6.57. The van der Waals surface area contributed by atoms with Gasteiger partial charge in [0.15, 0.2) is 5.78 Å². The zero-order valence-corrected chi connectivity index (χ0v) is 23.9.